The zero-order chi connectivity index (χ0) is 14.6. The first-order chi connectivity index (χ1) is 9.49. The molecule has 2 rings (SSSR count). The number of benzene rings is 1. The van der Waals surface area contributed by atoms with Crippen LogP contribution in [-0.4, -0.2) is 32.0 Å². The smallest absolute Gasteiger partial charge is 0.404 e. The fourth-order valence-corrected chi connectivity index (χ4v) is 2.52. The predicted molar refractivity (Wildman–Crippen MR) is 72.0 cm³/mol. The number of rotatable bonds is 4. The largest absolute Gasteiger partial charge is 0.573 e. The minimum absolute atomic E-state index is 0.128. The highest BCUT2D eigenvalue weighted by Crippen LogP contribution is 2.33. The van der Waals surface area contributed by atoms with Gasteiger partial charge in [0.1, 0.15) is 0 Å². The van der Waals surface area contributed by atoms with Gasteiger partial charge in [0.05, 0.1) is 5.69 Å². The van der Waals surface area contributed by atoms with Gasteiger partial charge in [0.25, 0.3) is 0 Å². The number of hydrogen-bond acceptors (Lipinski definition) is 3. The SMILES string of the molecule is CCCC1CN(c2ccccc2OC(F)(F)F)CCN1. The number of anilines is 1. The van der Waals surface area contributed by atoms with Crippen LogP contribution in [0.25, 0.3) is 0 Å². The van der Waals surface area contributed by atoms with Crippen LogP contribution in [0, 0.1) is 0 Å². The zero-order valence-electron chi connectivity index (χ0n) is 11.4. The molecule has 1 heterocycles. The number of para-hydroxylation sites is 2. The maximum atomic E-state index is 12.4. The van der Waals surface area contributed by atoms with E-state index >= 15 is 0 Å². The number of alkyl halides is 3. The van der Waals surface area contributed by atoms with E-state index in [-0.39, 0.29) is 5.75 Å². The molecule has 0 amide bonds. The topological polar surface area (TPSA) is 24.5 Å². The van der Waals surface area contributed by atoms with Crippen LogP contribution in [-0.2, 0) is 0 Å². The molecular weight excluding hydrogens is 269 g/mol. The summed E-state index contributed by atoms with van der Waals surface area (Å²) in [5.74, 6) is -0.128. The van der Waals surface area contributed by atoms with Gasteiger partial charge in [-0.15, -0.1) is 13.2 Å². The Balaban J connectivity index is 2.15. The van der Waals surface area contributed by atoms with Crippen LogP contribution in [0.5, 0.6) is 5.75 Å². The van der Waals surface area contributed by atoms with Gasteiger partial charge in [-0.2, -0.15) is 0 Å². The molecule has 0 aliphatic carbocycles. The number of piperazine rings is 1. The van der Waals surface area contributed by atoms with E-state index in [0.29, 0.717) is 24.8 Å². The number of ether oxygens (including phenoxy) is 1. The molecule has 3 nitrogen and oxygen atoms in total. The number of halogens is 3. The summed E-state index contributed by atoms with van der Waals surface area (Å²) in [5.41, 5.74) is 0.507. The Morgan fingerprint density at radius 2 is 2.10 bits per heavy atom. The fourth-order valence-electron chi connectivity index (χ4n) is 2.52. The van der Waals surface area contributed by atoms with Crippen LogP contribution in [0.3, 0.4) is 0 Å². The molecule has 112 valence electrons. The molecule has 1 unspecified atom stereocenters. The minimum Gasteiger partial charge on any atom is -0.404 e. The van der Waals surface area contributed by atoms with Crippen molar-refractivity contribution in [3.05, 3.63) is 24.3 Å². The Hall–Kier alpha value is -1.43. The molecule has 0 radical (unpaired) electrons. The van der Waals surface area contributed by atoms with E-state index < -0.39 is 6.36 Å². The van der Waals surface area contributed by atoms with Gasteiger partial charge in [-0.1, -0.05) is 25.5 Å². The maximum Gasteiger partial charge on any atom is 0.573 e. The first-order valence-corrected chi connectivity index (χ1v) is 6.82. The fraction of sp³-hybridized carbons (Fsp3) is 0.571. The lowest BCUT2D eigenvalue weighted by Gasteiger charge is -2.36. The molecule has 20 heavy (non-hydrogen) atoms. The van der Waals surface area contributed by atoms with Crippen molar-refractivity contribution < 1.29 is 17.9 Å². The van der Waals surface area contributed by atoms with Crippen molar-refractivity contribution in [2.45, 2.75) is 32.2 Å². The van der Waals surface area contributed by atoms with Gasteiger partial charge in [-0.25, -0.2) is 0 Å². The van der Waals surface area contributed by atoms with E-state index in [1.807, 2.05) is 4.90 Å². The third-order valence-corrected chi connectivity index (χ3v) is 3.32. The molecule has 1 aliphatic heterocycles. The minimum atomic E-state index is -4.66. The molecule has 1 N–H and O–H groups in total. The summed E-state index contributed by atoms with van der Waals surface area (Å²) in [6, 6.07) is 6.63. The van der Waals surface area contributed by atoms with E-state index in [1.165, 1.54) is 6.07 Å². The van der Waals surface area contributed by atoms with Crippen molar-refractivity contribution >= 4 is 5.69 Å². The van der Waals surface area contributed by atoms with Crippen molar-refractivity contribution in [1.29, 1.82) is 0 Å². The Labute approximate surface area is 116 Å². The second kappa shape index (κ2) is 6.35. The Kier molecular flexibility index (Phi) is 4.75. The lowest BCUT2D eigenvalue weighted by Crippen LogP contribution is -2.50. The molecule has 6 heteroatoms. The van der Waals surface area contributed by atoms with Crippen LogP contribution in [0.15, 0.2) is 24.3 Å². The molecule has 1 aliphatic rings. The van der Waals surface area contributed by atoms with Gasteiger partial charge in [0.2, 0.25) is 0 Å². The predicted octanol–water partition coefficient (Wildman–Crippen LogP) is 3.16. The van der Waals surface area contributed by atoms with Crippen LogP contribution in [0.1, 0.15) is 19.8 Å². The van der Waals surface area contributed by atoms with Crippen molar-refractivity contribution in [3.8, 4) is 5.75 Å². The molecule has 1 aromatic carbocycles. The molecule has 1 aromatic rings. The van der Waals surface area contributed by atoms with E-state index in [4.69, 9.17) is 0 Å². The molecule has 0 bridgehead atoms. The molecule has 1 saturated heterocycles. The van der Waals surface area contributed by atoms with E-state index in [1.54, 1.807) is 18.2 Å². The van der Waals surface area contributed by atoms with Gasteiger partial charge in [0.15, 0.2) is 5.75 Å². The molecule has 1 atom stereocenters. The molecule has 0 aromatic heterocycles. The average Bonchev–Trinajstić information content (AvgIpc) is 2.38. The van der Waals surface area contributed by atoms with E-state index in [0.717, 1.165) is 19.4 Å². The summed E-state index contributed by atoms with van der Waals surface area (Å²) in [5, 5.41) is 3.38. The van der Waals surface area contributed by atoms with E-state index in [9.17, 15) is 13.2 Å². The highest BCUT2D eigenvalue weighted by atomic mass is 19.4. The lowest BCUT2D eigenvalue weighted by molar-refractivity contribution is -0.274. The maximum absolute atomic E-state index is 12.4. The molecule has 0 saturated carbocycles. The summed E-state index contributed by atoms with van der Waals surface area (Å²) >= 11 is 0. The van der Waals surface area contributed by atoms with Gasteiger partial charge < -0.3 is 15.0 Å². The van der Waals surface area contributed by atoms with Gasteiger partial charge in [0, 0.05) is 25.7 Å². The summed E-state index contributed by atoms with van der Waals surface area (Å²) in [6.45, 7) is 4.25. The monoisotopic (exact) mass is 288 g/mol. The first kappa shape index (κ1) is 15.0. The van der Waals surface area contributed by atoms with Crippen molar-refractivity contribution in [3.63, 3.8) is 0 Å². The van der Waals surface area contributed by atoms with Crippen LogP contribution < -0.4 is 15.0 Å². The van der Waals surface area contributed by atoms with Crippen LogP contribution in [0.4, 0.5) is 18.9 Å². The summed E-state index contributed by atoms with van der Waals surface area (Å²) in [4.78, 5) is 1.96. The Bertz CT molecular complexity index is 435. The van der Waals surface area contributed by atoms with E-state index in [2.05, 4.69) is 17.0 Å². The summed E-state index contributed by atoms with van der Waals surface area (Å²) in [7, 11) is 0. The number of hydrogen-bond donors (Lipinski definition) is 1. The normalized spacial score (nSPS) is 20.0. The number of nitrogens with one attached hydrogen (secondary N) is 1. The molecule has 0 spiro atoms. The van der Waals surface area contributed by atoms with Gasteiger partial charge >= 0.3 is 6.36 Å². The second-order valence-electron chi connectivity index (χ2n) is 4.90. The van der Waals surface area contributed by atoms with Crippen molar-refractivity contribution in [2.75, 3.05) is 24.5 Å². The summed E-state index contributed by atoms with van der Waals surface area (Å²) < 4.78 is 41.4. The van der Waals surface area contributed by atoms with Gasteiger partial charge in [-0.05, 0) is 18.6 Å². The van der Waals surface area contributed by atoms with Crippen molar-refractivity contribution in [1.82, 2.24) is 5.32 Å². The lowest BCUT2D eigenvalue weighted by atomic mass is 10.1. The molecule has 1 fully saturated rings. The third kappa shape index (κ3) is 4.03. The van der Waals surface area contributed by atoms with Crippen LogP contribution in [0.2, 0.25) is 0 Å². The first-order valence-electron chi connectivity index (χ1n) is 6.82. The standard InChI is InChI=1S/C14H19F3N2O/c1-2-5-11-10-19(9-8-18-11)12-6-3-4-7-13(12)20-14(15,16)17/h3-4,6-7,11,18H,2,5,8-10H2,1H3. The quantitative estimate of drug-likeness (QED) is 0.921. The van der Waals surface area contributed by atoms with Crippen molar-refractivity contribution in [2.24, 2.45) is 0 Å². The Morgan fingerprint density at radius 3 is 2.80 bits per heavy atom. The number of nitrogens with zero attached hydrogens (tertiary/aromatic N) is 1. The summed E-state index contributed by atoms with van der Waals surface area (Å²) in [6.07, 6.45) is -2.60. The van der Waals surface area contributed by atoms with Gasteiger partial charge in [-0.3, -0.25) is 0 Å². The second-order valence-corrected chi connectivity index (χ2v) is 4.90. The average molecular weight is 288 g/mol. The highest BCUT2D eigenvalue weighted by Gasteiger charge is 2.33. The zero-order valence-corrected chi connectivity index (χ0v) is 11.4. The van der Waals surface area contributed by atoms with Crippen LogP contribution >= 0.6 is 0 Å². The highest BCUT2D eigenvalue weighted by molar-refractivity contribution is 5.59. The third-order valence-electron chi connectivity index (χ3n) is 3.32. The molecular formula is C14H19F3N2O. The Morgan fingerprint density at radius 1 is 1.35 bits per heavy atom.